The Kier molecular flexibility index (Phi) is 7.26. The van der Waals surface area contributed by atoms with Crippen LogP contribution in [0, 0.1) is 5.92 Å². The summed E-state index contributed by atoms with van der Waals surface area (Å²) in [7, 11) is 1.67. The van der Waals surface area contributed by atoms with Gasteiger partial charge in [-0.2, -0.15) is 13.2 Å². The third-order valence-corrected chi connectivity index (χ3v) is 7.43. The summed E-state index contributed by atoms with van der Waals surface area (Å²) in [5.74, 6) is 1.05. The molecule has 2 aliphatic rings. The number of pyridine rings is 1. The molecule has 0 atom stereocenters. The lowest BCUT2D eigenvalue weighted by atomic mass is 9.78. The predicted octanol–water partition coefficient (Wildman–Crippen LogP) is 5.61. The first-order valence-electron chi connectivity index (χ1n) is 11.6. The summed E-state index contributed by atoms with van der Waals surface area (Å²) in [6.07, 6.45) is 1.74. The molecule has 0 unspecified atom stereocenters. The third kappa shape index (κ3) is 5.11. The van der Waals surface area contributed by atoms with Crippen molar-refractivity contribution < 1.29 is 22.7 Å². The summed E-state index contributed by atoms with van der Waals surface area (Å²) in [6, 6.07) is 8.93. The second-order valence-corrected chi connectivity index (χ2v) is 9.60. The largest absolute Gasteiger partial charge is 0.496 e. The molecule has 1 aliphatic carbocycles. The van der Waals surface area contributed by atoms with Gasteiger partial charge in [0.2, 0.25) is 5.91 Å². The summed E-state index contributed by atoms with van der Waals surface area (Å²) < 4.78 is 44.2. The molecule has 0 spiro atoms. The number of para-hydroxylation sites is 1. The Bertz CT molecular complexity index is 1020. The lowest BCUT2D eigenvalue weighted by Crippen LogP contribution is -2.45. The number of ether oxygens (including phenoxy) is 1. The number of halogens is 4. The van der Waals surface area contributed by atoms with Crippen molar-refractivity contribution in [3.05, 3.63) is 52.7 Å². The number of anilines is 1. The fourth-order valence-electron chi connectivity index (χ4n) is 5.25. The van der Waals surface area contributed by atoms with Crippen LogP contribution in [0.4, 0.5) is 19.0 Å². The monoisotopic (exact) mass is 495 g/mol. The van der Waals surface area contributed by atoms with Crippen LogP contribution in [0.1, 0.15) is 49.7 Å². The van der Waals surface area contributed by atoms with Crippen molar-refractivity contribution in [3.63, 3.8) is 0 Å². The number of nitrogens with one attached hydrogen (secondary N) is 1. The van der Waals surface area contributed by atoms with Gasteiger partial charge in [-0.1, -0.05) is 42.6 Å². The Morgan fingerprint density at radius 3 is 2.53 bits per heavy atom. The van der Waals surface area contributed by atoms with E-state index in [1.54, 1.807) is 7.11 Å². The van der Waals surface area contributed by atoms with E-state index in [0.717, 1.165) is 49.3 Å². The highest BCUT2D eigenvalue weighted by Gasteiger charge is 2.39. The molecule has 184 valence electrons. The van der Waals surface area contributed by atoms with Crippen molar-refractivity contribution in [2.45, 2.75) is 50.1 Å². The number of benzene rings is 1. The standard InChI is InChI=1S/C25H29ClF3N3O2/c1-34-21-7-3-2-6-19(21)24(10-4-5-11-24)16-31-23(33)17-8-12-32(13-9-17)22-20(26)14-18(15-30-22)25(27,28)29/h2-3,6-7,14-15,17H,4-5,8-13,16H2,1H3,(H,31,33). The summed E-state index contributed by atoms with van der Waals surface area (Å²) in [5, 5.41) is 3.17. The maximum atomic E-state index is 13.0. The number of nitrogens with zero attached hydrogens (tertiary/aromatic N) is 2. The van der Waals surface area contributed by atoms with E-state index in [0.29, 0.717) is 38.3 Å². The Balaban J connectivity index is 1.37. The number of aromatic nitrogens is 1. The van der Waals surface area contributed by atoms with Crippen LogP contribution in [-0.2, 0) is 16.4 Å². The number of hydrogen-bond donors (Lipinski definition) is 1. The second-order valence-electron chi connectivity index (χ2n) is 9.19. The van der Waals surface area contributed by atoms with Gasteiger partial charge in [-0.25, -0.2) is 4.98 Å². The quantitative estimate of drug-likeness (QED) is 0.566. The van der Waals surface area contributed by atoms with Gasteiger partial charge in [0.05, 0.1) is 17.7 Å². The van der Waals surface area contributed by atoms with Gasteiger partial charge in [0, 0.05) is 42.7 Å². The first-order chi connectivity index (χ1) is 16.2. The van der Waals surface area contributed by atoms with Crippen molar-refractivity contribution in [2.75, 3.05) is 31.6 Å². The minimum Gasteiger partial charge on any atom is -0.496 e. The van der Waals surface area contributed by atoms with Crippen molar-refractivity contribution in [1.82, 2.24) is 10.3 Å². The highest BCUT2D eigenvalue weighted by Crippen LogP contribution is 2.44. The van der Waals surface area contributed by atoms with Gasteiger partial charge in [-0.3, -0.25) is 4.79 Å². The van der Waals surface area contributed by atoms with Crippen LogP contribution in [0.25, 0.3) is 0 Å². The van der Waals surface area contributed by atoms with E-state index in [4.69, 9.17) is 16.3 Å². The highest BCUT2D eigenvalue weighted by atomic mass is 35.5. The molecule has 1 aromatic heterocycles. The van der Waals surface area contributed by atoms with E-state index < -0.39 is 11.7 Å². The topological polar surface area (TPSA) is 54.5 Å². The molecule has 1 saturated heterocycles. The Morgan fingerprint density at radius 1 is 1.24 bits per heavy atom. The SMILES string of the molecule is COc1ccccc1C1(CNC(=O)C2CCN(c3ncc(C(F)(F)F)cc3Cl)CC2)CCCC1. The smallest absolute Gasteiger partial charge is 0.417 e. The molecule has 2 heterocycles. The second kappa shape index (κ2) is 10.0. The van der Waals surface area contributed by atoms with Crippen molar-refractivity contribution >= 4 is 23.3 Å². The zero-order valence-electron chi connectivity index (χ0n) is 19.1. The van der Waals surface area contributed by atoms with Gasteiger partial charge in [0.15, 0.2) is 0 Å². The number of carbonyl (C=O) groups excluding carboxylic acids is 1. The molecule has 4 rings (SSSR count). The molecular formula is C25H29ClF3N3O2. The Labute approximate surface area is 202 Å². The van der Waals surface area contributed by atoms with Crippen LogP contribution in [0.3, 0.4) is 0 Å². The predicted molar refractivity (Wildman–Crippen MR) is 125 cm³/mol. The first-order valence-corrected chi connectivity index (χ1v) is 12.0. The molecular weight excluding hydrogens is 467 g/mol. The molecule has 0 radical (unpaired) electrons. The fraction of sp³-hybridized carbons (Fsp3) is 0.520. The molecule has 1 aliphatic heterocycles. The van der Waals surface area contributed by atoms with E-state index in [-0.39, 0.29) is 22.3 Å². The molecule has 9 heteroatoms. The average Bonchev–Trinajstić information content (AvgIpc) is 3.32. The van der Waals surface area contributed by atoms with Crippen LogP contribution in [0.15, 0.2) is 36.5 Å². The molecule has 1 N–H and O–H groups in total. The summed E-state index contributed by atoms with van der Waals surface area (Å²) in [5.41, 5.74) is 0.153. The number of hydrogen-bond acceptors (Lipinski definition) is 4. The van der Waals surface area contributed by atoms with Crippen LogP contribution >= 0.6 is 11.6 Å². The van der Waals surface area contributed by atoms with Gasteiger partial charge < -0.3 is 15.0 Å². The Morgan fingerprint density at radius 2 is 1.91 bits per heavy atom. The summed E-state index contributed by atoms with van der Waals surface area (Å²) >= 11 is 6.09. The van der Waals surface area contributed by atoms with Crippen molar-refractivity contribution in [1.29, 1.82) is 0 Å². The van der Waals surface area contributed by atoms with Gasteiger partial charge in [-0.05, 0) is 37.8 Å². The maximum absolute atomic E-state index is 13.0. The van der Waals surface area contributed by atoms with Gasteiger partial charge in [0.1, 0.15) is 11.6 Å². The summed E-state index contributed by atoms with van der Waals surface area (Å²) in [4.78, 5) is 18.8. The zero-order chi connectivity index (χ0) is 24.3. The molecule has 34 heavy (non-hydrogen) atoms. The third-order valence-electron chi connectivity index (χ3n) is 7.15. The number of piperidine rings is 1. The first kappa shape index (κ1) is 24.6. The minimum atomic E-state index is -4.49. The number of methoxy groups -OCH3 is 1. The molecule has 2 fully saturated rings. The number of amides is 1. The van der Waals surface area contributed by atoms with Crippen LogP contribution in [0.5, 0.6) is 5.75 Å². The number of rotatable bonds is 6. The Hall–Kier alpha value is -2.48. The molecule has 0 bridgehead atoms. The van der Waals surface area contributed by atoms with E-state index in [9.17, 15) is 18.0 Å². The van der Waals surface area contributed by atoms with Gasteiger partial charge in [0.25, 0.3) is 0 Å². The fourth-order valence-corrected chi connectivity index (χ4v) is 5.53. The highest BCUT2D eigenvalue weighted by molar-refractivity contribution is 6.33. The molecule has 5 nitrogen and oxygen atoms in total. The van der Waals surface area contributed by atoms with Gasteiger partial charge >= 0.3 is 6.18 Å². The molecule has 2 aromatic rings. The molecule has 1 amide bonds. The summed E-state index contributed by atoms with van der Waals surface area (Å²) in [6.45, 7) is 1.58. The average molecular weight is 496 g/mol. The van der Waals surface area contributed by atoms with Crippen LogP contribution in [0.2, 0.25) is 5.02 Å². The number of carbonyl (C=O) groups is 1. The van der Waals surface area contributed by atoms with Crippen molar-refractivity contribution in [2.24, 2.45) is 5.92 Å². The lowest BCUT2D eigenvalue weighted by molar-refractivity contribution is -0.137. The van der Waals surface area contributed by atoms with Crippen molar-refractivity contribution in [3.8, 4) is 5.75 Å². The number of alkyl halides is 3. The molecule has 1 saturated carbocycles. The van der Waals surface area contributed by atoms with Crippen LogP contribution in [-0.4, -0.2) is 37.6 Å². The van der Waals surface area contributed by atoms with Gasteiger partial charge in [-0.15, -0.1) is 0 Å². The van der Waals surface area contributed by atoms with Crippen LogP contribution < -0.4 is 15.0 Å². The maximum Gasteiger partial charge on any atom is 0.417 e. The van der Waals surface area contributed by atoms with E-state index in [1.165, 1.54) is 0 Å². The molecule has 1 aromatic carbocycles. The van der Waals surface area contributed by atoms with E-state index in [1.807, 2.05) is 23.1 Å². The van der Waals surface area contributed by atoms with E-state index in [2.05, 4.69) is 16.4 Å². The van der Waals surface area contributed by atoms with E-state index >= 15 is 0 Å². The lowest BCUT2D eigenvalue weighted by Gasteiger charge is -2.35. The zero-order valence-corrected chi connectivity index (χ0v) is 19.9. The normalized spacial score (nSPS) is 18.7. The minimum absolute atomic E-state index is 0.0206.